The van der Waals surface area contributed by atoms with Crippen molar-refractivity contribution in [2.75, 3.05) is 19.4 Å². The second-order valence-corrected chi connectivity index (χ2v) is 4.67. The summed E-state index contributed by atoms with van der Waals surface area (Å²) in [5, 5.41) is 9.72. The van der Waals surface area contributed by atoms with Gasteiger partial charge in [-0.05, 0) is 32.2 Å². The van der Waals surface area contributed by atoms with Gasteiger partial charge in [0.1, 0.15) is 5.03 Å². The van der Waals surface area contributed by atoms with Gasteiger partial charge >= 0.3 is 0 Å². The molecule has 0 saturated heterocycles. The van der Waals surface area contributed by atoms with Gasteiger partial charge in [-0.3, -0.25) is 4.79 Å². The summed E-state index contributed by atoms with van der Waals surface area (Å²) in [4.78, 5) is 18.1. The van der Waals surface area contributed by atoms with Gasteiger partial charge in [-0.15, -0.1) is 11.8 Å². The molecule has 1 amide bonds. The Morgan fingerprint density at radius 2 is 2.29 bits per heavy atom. The van der Waals surface area contributed by atoms with Crippen molar-refractivity contribution < 1.29 is 9.90 Å². The van der Waals surface area contributed by atoms with Crippen molar-refractivity contribution in [1.29, 1.82) is 0 Å². The first-order valence-electron chi connectivity index (χ1n) is 5.52. The van der Waals surface area contributed by atoms with E-state index in [9.17, 15) is 4.79 Å². The zero-order chi connectivity index (χ0) is 12.8. The summed E-state index contributed by atoms with van der Waals surface area (Å²) < 4.78 is 0. The molecule has 0 spiro atoms. The lowest BCUT2D eigenvalue weighted by Crippen LogP contribution is -2.39. The smallest absolute Gasteiger partial charge is 0.256 e. The number of carbonyl (C=O) groups excluding carboxylic acids is 1. The zero-order valence-corrected chi connectivity index (χ0v) is 11.2. The van der Waals surface area contributed by atoms with E-state index < -0.39 is 0 Å². The van der Waals surface area contributed by atoms with Crippen LogP contribution >= 0.6 is 11.8 Å². The summed E-state index contributed by atoms with van der Waals surface area (Å²) in [5.74, 6) is -0.0773. The first kappa shape index (κ1) is 14.0. The molecule has 0 bridgehead atoms. The van der Waals surface area contributed by atoms with E-state index in [2.05, 4.69) is 4.98 Å². The molecule has 1 heterocycles. The van der Waals surface area contributed by atoms with Crippen LogP contribution in [0.3, 0.4) is 0 Å². The standard InChI is InChI=1S/C12H18N2O2S/c1-9(2)14(7-8-15)12(16)10-5-4-6-13-11(10)17-3/h4-6,9,15H,7-8H2,1-3H3. The topological polar surface area (TPSA) is 53.4 Å². The van der Waals surface area contributed by atoms with Crippen molar-refractivity contribution in [3.8, 4) is 0 Å². The molecule has 0 fully saturated rings. The highest BCUT2D eigenvalue weighted by molar-refractivity contribution is 7.98. The van der Waals surface area contributed by atoms with E-state index >= 15 is 0 Å². The average molecular weight is 254 g/mol. The maximum Gasteiger partial charge on any atom is 0.256 e. The van der Waals surface area contributed by atoms with Crippen LogP contribution in [0.1, 0.15) is 24.2 Å². The van der Waals surface area contributed by atoms with E-state index in [1.807, 2.05) is 20.1 Å². The molecule has 0 atom stereocenters. The van der Waals surface area contributed by atoms with Crippen LogP contribution in [0.5, 0.6) is 0 Å². The Morgan fingerprint density at radius 3 is 2.82 bits per heavy atom. The SMILES string of the molecule is CSc1ncccc1C(=O)N(CCO)C(C)C. The monoisotopic (exact) mass is 254 g/mol. The van der Waals surface area contributed by atoms with Crippen molar-refractivity contribution in [3.63, 3.8) is 0 Å². The second-order valence-electron chi connectivity index (χ2n) is 3.88. The number of amides is 1. The maximum atomic E-state index is 12.3. The maximum absolute atomic E-state index is 12.3. The number of hydrogen-bond donors (Lipinski definition) is 1. The Hall–Kier alpha value is -1.07. The Balaban J connectivity index is 3.00. The van der Waals surface area contributed by atoms with Crippen molar-refractivity contribution in [3.05, 3.63) is 23.9 Å². The summed E-state index contributed by atoms with van der Waals surface area (Å²) in [6, 6.07) is 3.59. The molecule has 0 aliphatic rings. The molecule has 1 aromatic heterocycles. The van der Waals surface area contributed by atoms with E-state index in [4.69, 9.17) is 5.11 Å². The third kappa shape index (κ3) is 3.44. The fraction of sp³-hybridized carbons (Fsp3) is 0.500. The molecule has 0 saturated carbocycles. The van der Waals surface area contributed by atoms with E-state index in [-0.39, 0.29) is 18.6 Å². The lowest BCUT2D eigenvalue weighted by atomic mass is 10.2. The lowest BCUT2D eigenvalue weighted by Gasteiger charge is -2.26. The molecule has 1 N–H and O–H groups in total. The number of rotatable bonds is 5. The van der Waals surface area contributed by atoms with Crippen LogP contribution in [-0.4, -0.2) is 46.3 Å². The third-order valence-electron chi connectivity index (χ3n) is 2.42. The van der Waals surface area contributed by atoms with Gasteiger partial charge in [0.2, 0.25) is 0 Å². The summed E-state index contributed by atoms with van der Waals surface area (Å²) in [5.41, 5.74) is 0.599. The van der Waals surface area contributed by atoms with Gasteiger partial charge in [-0.2, -0.15) is 0 Å². The Morgan fingerprint density at radius 1 is 1.59 bits per heavy atom. The average Bonchev–Trinajstić information content (AvgIpc) is 2.34. The van der Waals surface area contributed by atoms with Crippen LogP contribution in [0, 0.1) is 0 Å². The van der Waals surface area contributed by atoms with Crippen LogP contribution in [0.25, 0.3) is 0 Å². The first-order chi connectivity index (χ1) is 8.11. The van der Waals surface area contributed by atoms with Gasteiger partial charge in [-0.25, -0.2) is 4.98 Å². The largest absolute Gasteiger partial charge is 0.395 e. The predicted octanol–water partition coefficient (Wildman–Crippen LogP) is 1.65. The van der Waals surface area contributed by atoms with Gasteiger partial charge < -0.3 is 10.0 Å². The van der Waals surface area contributed by atoms with Crippen LogP contribution < -0.4 is 0 Å². The molecule has 1 aromatic rings. The van der Waals surface area contributed by atoms with Gasteiger partial charge in [-0.1, -0.05) is 0 Å². The lowest BCUT2D eigenvalue weighted by molar-refractivity contribution is 0.0661. The molecule has 4 nitrogen and oxygen atoms in total. The highest BCUT2D eigenvalue weighted by atomic mass is 32.2. The summed E-state index contributed by atoms with van der Waals surface area (Å²) in [7, 11) is 0. The summed E-state index contributed by atoms with van der Waals surface area (Å²) >= 11 is 1.45. The summed E-state index contributed by atoms with van der Waals surface area (Å²) in [6.45, 7) is 4.18. The normalized spacial score (nSPS) is 10.6. The molecule has 0 unspecified atom stereocenters. The number of carbonyl (C=O) groups is 1. The van der Waals surface area contributed by atoms with Crippen LogP contribution in [0.2, 0.25) is 0 Å². The molecular formula is C12H18N2O2S. The fourth-order valence-electron chi connectivity index (χ4n) is 1.57. The molecular weight excluding hydrogens is 236 g/mol. The number of aliphatic hydroxyl groups is 1. The molecule has 0 radical (unpaired) electrons. The molecule has 17 heavy (non-hydrogen) atoms. The molecule has 1 rings (SSSR count). The van der Waals surface area contributed by atoms with Crippen molar-refractivity contribution in [2.45, 2.75) is 24.9 Å². The third-order valence-corrected chi connectivity index (χ3v) is 3.13. The minimum Gasteiger partial charge on any atom is -0.395 e. The van der Waals surface area contributed by atoms with Gasteiger partial charge in [0.15, 0.2) is 0 Å². The number of aliphatic hydroxyl groups excluding tert-OH is 1. The first-order valence-corrected chi connectivity index (χ1v) is 6.75. The van der Waals surface area contributed by atoms with E-state index in [1.54, 1.807) is 23.2 Å². The molecule has 0 aliphatic heterocycles. The number of pyridine rings is 1. The van der Waals surface area contributed by atoms with E-state index in [0.717, 1.165) is 5.03 Å². The molecule has 0 aromatic carbocycles. The van der Waals surface area contributed by atoms with Crippen LogP contribution in [0.15, 0.2) is 23.4 Å². The number of thioether (sulfide) groups is 1. The Labute approximate surface area is 106 Å². The van der Waals surface area contributed by atoms with Crippen molar-refractivity contribution in [1.82, 2.24) is 9.88 Å². The zero-order valence-electron chi connectivity index (χ0n) is 10.4. The van der Waals surface area contributed by atoms with Crippen molar-refractivity contribution in [2.24, 2.45) is 0 Å². The molecule has 5 heteroatoms. The van der Waals surface area contributed by atoms with Gasteiger partial charge in [0.05, 0.1) is 12.2 Å². The number of nitrogens with zero attached hydrogens (tertiary/aromatic N) is 2. The second kappa shape index (κ2) is 6.61. The minimum absolute atomic E-state index is 0.0290. The molecule has 94 valence electrons. The van der Waals surface area contributed by atoms with Crippen LogP contribution in [0.4, 0.5) is 0 Å². The van der Waals surface area contributed by atoms with Gasteiger partial charge in [0, 0.05) is 18.8 Å². The van der Waals surface area contributed by atoms with Gasteiger partial charge in [0.25, 0.3) is 5.91 Å². The van der Waals surface area contributed by atoms with Crippen molar-refractivity contribution >= 4 is 17.7 Å². The number of hydrogen-bond acceptors (Lipinski definition) is 4. The number of aromatic nitrogens is 1. The summed E-state index contributed by atoms with van der Waals surface area (Å²) in [6.07, 6.45) is 3.57. The quantitative estimate of drug-likeness (QED) is 0.812. The van der Waals surface area contributed by atoms with E-state index in [0.29, 0.717) is 12.1 Å². The fourth-order valence-corrected chi connectivity index (χ4v) is 2.11. The Kier molecular flexibility index (Phi) is 5.44. The van der Waals surface area contributed by atoms with Crippen LogP contribution in [-0.2, 0) is 0 Å². The highest BCUT2D eigenvalue weighted by Crippen LogP contribution is 2.19. The molecule has 0 aliphatic carbocycles. The minimum atomic E-state index is -0.0773. The Bertz CT molecular complexity index is 383. The van der Waals surface area contributed by atoms with E-state index in [1.165, 1.54) is 11.8 Å². The predicted molar refractivity (Wildman–Crippen MR) is 69.3 cm³/mol. The highest BCUT2D eigenvalue weighted by Gasteiger charge is 2.20.